The van der Waals surface area contributed by atoms with Gasteiger partial charge in [0.25, 0.3) is 0 Å². The highest BCUT2D eigenvalue weighted by molar-refractivity contribution is 7.10. The first-order valence-electron chi connectivity index (χ1n) is 13.9. The minimum absolute atomic E-state index is 0.181. The topological polar surface area (TPSA) is 148 Å². The van der Waals surface area contributed by atoms with E-state index in [1.807, 2.05) is 29.3 Å². The minimum atomic E-state index is -4.52. The Bertz CT molecular complexity index is 2010. The Morgan fingerprint density at radius 1 is 0.911 bits per heavy atom. The van der Waals surface area contributed by atoms with Gasteiger partial charge in [-0.05, 0) is 29.5 Å². The number of H-pyrrole nitrogens is 1. The van der Waals surface area contributed by atoms with Crippen molar-refractivity contribution in [1.29, 1.82) is 0 Å². The number of nitrogens with zero attached hydrogens (tertiary/aromatic N) is 11. The first kappa shape index (κ1) is 28.2. The number of rotatable bonds is 5. The van der Waals surface area contributed by atoms with Crippen LogP contribution in [0, 0.1) is 6.92 Å². The SMILES string of the molecule is Cc1csc(C2CN(c3cc(-c4cc(N5CCOC(c6nc(C(F)(F)F)cs6)C5)nn5nnnc45)c4cn[nH]c4n3)CCO2)n1. The number of thiazole rings is 2. The average molecular weight is 657 g/mol. The molecule has 0 bridgehead atoms. The summed E-state index contributed by atoms with van der Waals surface area (Å²) in [6, 6.07) is 3.86. The van der Waals surface area contributed by atoms with E-state index in [4.69, 9.17) is 14.5 Å². The summed E-state index contributed by atoms with van der Waals surface area (Å²) in [6.45, 7) is 4.67. The predicted molar refractivity (Wildman–Crippen MR) is 157 cm³/mol. The molecule has 0 amide bonds. The average Bonchev–Trinajstić information content (AvgIpc) is 3.87. The molecular weight excluding hydrogens is 633 g/mol. The van der Waals surface area contributed by atoms with Crippen molar-refractivity contribution in [3.05, 3.63) is 50.5 Å². The molecule has 2 aliphatic rings. The van der Waals surface area contributed by atoms with E-state index in [0.29, 0.717) is 48.9 Å². The maximum absolute atomic E-state index is 13.2. The predicted octanol–water partition coefficient (Wildman–Crippen LogP) is 3.85. The molecule has 19 heteroatoms. The molecule has 0 aliphatic carbocycles. The molecule has 2 unspecified atom stereocenters. The van der Waals surface area contributed by atoms with Crippen LogP contribution in [0.15, 0.2) is 29.1 Å². The van der Waals surface area contributed by atoms with Gasteiger partial charge in [-0.2, -0.15) is 18.3 Å². The third-order valence-electron chi connectivity index (χ3n) is 7.65. The molecule has 2 aliphatic heterocycles. The van der Waals surface area contributed by atoms with E-state index in [2.05, 4.69) is 45.7 Å². The summed E-state index contributed by atoms with van der Waals surface area (Å²) < 4.78 is 52.8. The van der Waals surface area contributed by atoms with Crippen molar-refractivity contribution in [2.24, 2.45) is 0 Å². The molecule has 2 saturated heterocycles. The van der Waals surface area contributed by atoms with Crippen LogP contribution in [0.5, 0.6) is 0 Å². The number of aromatic nitrogens is 10. The molecule has 232 valence electrons. The number of ether oxygens (including phenoxy) is 2. The third-order valence-corrected chi connectivity index (χ3v) is 9.64. The summed E-state index contributed by atoms with van der Waals surface area (Å²) in [4.78, 5) is 17.4. The number of alkyl halides is 3. The lowest BCUT2D eigenvalue weighted by molar-refractivity contribution is -0.141. The second kappa shape index (κ2) is 10.9. The number of morpholine rings is 2. The number of tetrazole rings is 1. The maximum atomic E-state index is 13.2. The number of fused-ring (bicyclic) bond motifs is 2. The van der Waals surface area contributed by atoms with Gasteiger partial charge in [-0.1, -0.05) is 0 Å². The van der Waals surface area contributed by atoms with Gasteiger partial charge in [0, 0.05) is 46.1 Å². The summed E-state index contributed by atoms with van der Waals surface area (Å²) in [5, 5.41) is 29.0. The normalized spacial score (nSPS) is 19.6. The summed E-state index contributed by atoms with van der Waals surface area (Å²) >= 11 is 2.50. The molecule has 0 spiro atoms. The summed E-state index contributed by atoms with van der Waals surface area (Å²) in [6.07, 6.45) is -3.65. The first-order valence-corrected chi connectivity index (χ1v) is 15.7. The van der Waals surface area contributed by atoms with E-state index in [-0.39, 0.29) is 24.3 Å². The maximum Gasteiger partial charge on any atom is 0.434 e. The van der Waals surface area contributed by atoms with Gasteiger partial charge in [0.1, 0.15) is 28.0 Å². The monoisotopic (exact) mass is 656 g/mol. The molecule has 8 heterocycles. The Morgan fingerprint density at radius 2 is 1.62 bits per heavy atom. The summed E-state index contributed by atoms with van der Waals surface area (Å²) in [5.74, 6) is 1.26. The number of halogens is 3. The number of aromatic amines is 1. The fourth-order valence-corrected chi connectivity index (χ4v) is 7.18. The van der Waals surface area contributed by atoms with Crippen molar-refractivity contribution in [2.75, 3.05) is 49.2 Å². The van der Waals surface area contributed by atoms with Gasteiger partial charge in [0.2, 0.25) is 5.65 Å². The van der Waals surface area contributed by atoms with Crippen LogP contribution in [0.2, 0.25) is 0 Å². The Morgan fingerprint density at radius 3 is 2.33 bits per heavy atom. The molecule has 0 saturated carbocycles. The number of pyridine rings is 1. The fraction of sp³-hybridized carbons (Fsp3) is 0.385. The number of aryl methyl sites for hydroxylation is 1. The van der Waals surface area contributed by atoms with Crippen LogP contribution in [0.1, 0.15) is 33.6 Å². The zero-order chi connectivity index (χ0) is 30.7. The molecule has 14 nitrogen and oxygen atoms in total. The van der Waals surface area contributed by atoms with Crippen molar-refractivity contribution in [3.8, 4) is 11.1 Å². The van der Waals surface area contributed by atoms with E-state index in [0.717, 1.165) is 44.2 Å². The fourth-order valence-electron chi connectivity index (χ4n) is 5.48. The molecule has 2 fully saturated rings. The highest BCUT2D eigenvalue weighted by atomic mass is 32.1. The quantitative estimate of drug-likeness (QED) is 0.287. The van der Waals surface area contributed by atoms with Crippen LogP contribution in [0.25, 0.3) is 27.8 Å². The standard InChI is InChI=1S/C26H23F3N12O2S2/c1-13-11-44-24(31-13)17-9-39(2-4-42-17)20-6-14(16-8-30-34-22(16)33-20)15-7-21(36-41-23(15)35-37-38-41)40-3-5-43-18(10-40)25-32-19(12-45-25)26(27,28)29/h6-8,11-12,17-18H,2-5,9-10H2,1H3,(H,30,33,34). The molecule has 6 aromatic rings. The number of hydrogen-bond acceptors (Lipinski definition) is 14. The second-order valence-electron chi connectivity index (χ2n) is 10.6. The lowest BCUT2D eigenvalue weighted by Crippen LogP contribution is -2.39. The van der Waals surface area contributed by atoms with E-state index in [1.165, 1.54) is 4.63 Å². The molecular formula is C26H23F3N12O2S2. The Labute approximate surface area is 259 Å². The van der Waals surface area contributed by atoms with E-state index < -0.39 is 18.0 Å². The van der Waals surface area contributed by atoms with Gasteiger partial charge in [0.15, 0.2) is 17.2 Å². The van der Waals surface area contributed by atoms with E-state index in [1.54, 1.807) is 17.5 Å². The van der Waals surface area contributed by atoms with Crippen LogP contribution < -0.4 is 9.80 Å². The third kappa shape index (κ3) is 5.24. The lowest BCUT2D eigenvalue weighted by Gasteiger charge is -2.33. The van der Waals surface area contributed by atoms with Gasteiger partial charge in [-0.25, -0.2) is 15.0 Å². The van der Waals surface area contributed by atoms with Crippen LogP contribution >= 0.6 is 22.7 Å². The molecule has 8 rings (SSSR count). The van der Waals surface area contributed by atoms with E-state index in [9.17, 15) is 13.2 Å². The zero-order valence-electron chi connectivity index (χ0n) is 23.5. The lowest BCUT2D eigenvalue weighted by atomic mass is 10.0. The van der Waals surface area contributed by atoms with E-state index >= 15 is 0 Å². The van der Waals surface area contributed by atoms with Crippen molar-refractivity contribution in [1.82, 2.24) is 50.4 Å². The van der Waals surface area contributed by atoms with Crippen molar-refractivity contribution in [3.63, 3.8) is 0 Å². The van der Waals surface area contributed by atoms with Gasteiger partial charge in [-0.15, -0.1) is 37.5 Å². The summed E-state index contributed by atoms with van der Waals surface area (Å²) in [7, 11) is 0. The van der Waals surface area contributed by atoms with Crippen molar-refractivity contribution < 1.29 is 22.6 Å². The Hall–Kier alpha value is -4.33. The van der Waals surface area contributed by atoms with Crippen LogP contribution in [0.4, 0.5) is 24.8 Å². The van der Waals surface area contributed by atoms with Gasteiger partial charge in [0.05, 0.1) is 32.5 Å². The molecule has 0 aromatic carbocycles. The van der Waals surface area contributed by atoms with Crippen LogP contribution in [-0.4, -0.2) is 89.8 Å². The molecule has 6 aromatic heterocycles. The number of nitrogens with one attached hydrogen (secondary N) is 1. The van der Waals surface area contributed by atoms with Crippen molar-refractivity contribution >= 4 is 51.0 Å². The van der Waals surface area contributed by atoms with Gasteiger partial charge < -0.3 is 19.3 Å². The van der Waals surface area contributed by atoms with Crippen LogP contribution in [-0.2, 0) is 15.7 Å². The highest BCUT2D eigenvalue weighted by Crippen LogP contribution is 2.37. The van der Waals surface area contributed by atoms with Crippen molar-refractivity contribution in [2.45, 2.75) is 25.3 Å². The molecule has 0 radical (unpaired) electrons. The smallest absolute Gasteiger partial charge is 0.367 e. The molecule has 45 heavy (non-hydrogen) atoms. The van der Waals surface area contributed by atoms with Gasteiger partial charge >= 0.3 is 6.18 Å². The minimum Gasteiger partial charge on any atom is -0.367 e. The highest BCUT2D eigenvalue weighted by Gasteiger charge is 2.36. The first-order chi connectivity index (χ1) is 21.8. The second-order valence-corrected chi connectivity index (χ2v) is 12.4. The summed E-state index contributed by atoms with van der Waals surface area (Å²) in [5.41, 5.74) is 2.53. The molecule has 2 atom stereocenters. The molecule has 1 N–H and O–H groups in total. The van der Waals surface area contributed by atoms with Crippen LogP contribution in [0.3, 0.4) is 0 Å². The number of anilines is 2. The zero-order valence-corrected chi connectivity index (χ0v) is 25.1. The Kier molecular flexibility index (Phi) is 6.84. The largest absolute Gasteiger partial charge is 0.434 e. The Balaban J connectivity index is 1.15. The van der Waals surface area contributed by atoms with Gasteiger partial charge in [-0.3, -0.25) is 5.10 Å². The number of hydrogen-bond donors (Lipinski definition) is 1.